The molecule has 4 heterocycles. The van der Waals surface area contributed by atoms with Gasteiger partial charge in [0.25, 0.3) is 0 Å². The fraction of sp³-hybridized carbons (Fsp3) is 0.409. The molecule has 0 unspecified atom stereocenters. The summed E-state index contributed by atoms with van der Waals surface area (Å²) >= 11 is 0. The van der Waals surface area contributed by atoms with Gasteiger partial charge < -0.3 is 19.3 Å². The van der Waals surface area contributed by atoms with E-state index >= 15 is 0 Å². The highest BCUT2D eigenvalue weighted by molar-refractivity contribution is 5.68. The van der Waals surface area contributed by atoms with E-state index in [1.54, 1.807) is 34.4 Å². The summed E-state index contributed by atoms with van der Waals surface area (Å²) < 4.78 is 12.9. The smallest absolute Gasteiger partial charge is 0.410 e. The molecule has 32 heavy (non-hydrogen) atoms. The third kappa shape index (κ3) is 5.51. The van der Waals surface area contributed by atoms with Gasteiger partial charge in [-0.3, -0.25) is 0 Å². The Balaban J connectivity index is 1.26. The second-order valence-corrected chi connectivity index (χ2v) is 8.44. The van der Waals surface area contributed by atoms with Gasteiger partial charge in [-0.25, -0.2) is 24.4 Å². The Labute approximate surface area is 186 Å². The SMILES string of the molecule is CC(C)(C)OC(=O)N1CCN(c2ncc(OCc3ccc(-n4cccn4)nc3)cn2)CC1. The van der Waals surface area contributed by atoms with Crippen LogP contribution in [0, 0.1) is 0 Å². The highest BCUT2D eigenvalue weighted by Gasteiger charge is 2.26. The molecule has 3 aromatic heterocycles. The first-order valence-corrected chi connectivity index (χ1v) is 10.5. The lowest BCUT2D eigenvalue weighted by molar-refractivity contribution is 0.0240. The van der Waals surface area contributed by atoms with Crippen molar-refractivity contribution in [1.29, 1.82) is 0 Å². The maximum absolute atomic E-state index is 12.2. The van der Waals surface area contributed by atoms with Crippen molar-refractivity contribution in [3.8, 4) is 11.6 Å². The van der Waals surface area contributed by atoms with Crippen LogP contribution in [-0.2, 0) is 11.3 Å². The minimum absolute atomic E-state index is 0.283. The molecule has 0 saturated carbocycles. The van der Waals surface area contributed by atoms with Gasteiger partial charge in [-0.15, -0.1) is 0 Å². The number of piperazine rings is 1. The molecule has 0 radical (unpaired) electrons. The van der Waals surface area contributed by atoms with E-state index in [2.05, 4.69) is 20.1 Å². The summed E-state index contributed by atoms with van der Waals surface area (Å²) in [5.74, 6) is 1.95. The molecule has 1 amide bonds. The van der Waals surface area contributed by atoms with Gasteiger partial charge in [-0.1, -0.05) is 6.07 Å². The molecule has 10 nitrogen and oxygen atoms in total. The average Bonchev–Trinajstić information content (AvgIpc) is 3.32. The fourth-order valence-electron chi connectivity index (χ4n) is 3.17. The number of pyridine rings is 1. The Bertz CT molecular complexity index is 1010. The van der Waals surface area contributed by atoms with Crippen LogP contribution in [0.3, 0.4) is 0 Å². The lowest BCUT2D eigenvalue weighted by Gasteiger charge is -2.35. The van der Waals surface area contributed by atoms with Gasteiger partial charge in [0.1, 0.15) is 12.2 Å². The second kappa shape index (κ2) is 9.21. The van der Waals surface area contributed by atoms with Crippen molar-refractivity contribution < 1.29 is 14.3 Å². The Morgan fingerprint density at radius 1 is 1.03 bits per heavy atom. The number of hydrogen-bond donors (Lipinski definition) is 0. The van der Waals surface area contributed by atoms with Crippen LogP contribution >= 0.6 is 0 Å². The number of hydrogen-bond acceptors (Lipinski definition) is 8. The molecule has 0 aromatic carbocycles. The zero-order valence-electron chi connectivity index (χ0n) is 18.5. The van der Waals surface area contributed by atoms with Crippen molar-refractivity contribution in [3.05, 3.63) is 54.7 Å². The number of carbonyl (C=O) groups excluding carboxylic acids is 1. The predicted octanol–water partition coefficient (Wildman–Crippen LogP) is 2.69. The van der Waals surface area contributed by atoms with Crippen molar-refractivity contribution >= 4 is 12.0 Å². The highest BCUT2D eigenvalue weighted by Crippen LogP contribution is 2.17. The second-order valence-electron chi connectivity index (χ2n) is 8.44. The Hall–Kier alpha value is -3.69. The first-order valence-electron chi connectivity index (χ1n) is 10.5. The van der Waals surface area contributed by atoms with Gasteiger partial charge in [0.15, 0.2) is 11.6 Å². The summed E-state index contributed by atoms with van der Waals surface area (Å²) in [7, 11) is 0. The molecule has 0 aliphatic carbocycles. The molecule has 3 aromatic rings. The molecular formula is C22H27N7O3. The van der Waals surface area contributed by atoms with E-state index in [0.29, 0.717) is 44.5 Å². The quantitative estimate of drug-likeness (QED) is 0.601. The Kier molecular flexibility index (Phi) is 6.20. The largest absolute Gasteiger partial charge is 0.486 e. The van der Waals surface area contributed by atoms with E-state index in [9.17, 15) is 4.79 Å². The summed E-state index contributed by atoms with van der Waals surface area (Å²) in [6, 6.07) is 5.69. The van der Waals surface area contributed by atoms with Crippen molar-refractivity contribution in [3.63, 3.8) is 0 Å². The van der Waals surface area contributed by atoms with Crippen LogP contribution in [0.25, 0.3) is 5.82 Å². The zero-order valence-corrected chi connectivity index (χ0v) is 18.5. The maximum Gasteiger partial charge on any atom is 0.410 e. The number of nitrogens with zero attached hydrogens (tertiary/aromatic N) is 7. The molecule has 0 N–H and O–H groups in total. The van der Waals surface area contributed by atoms with Gasteiger partial charge in [-0.05, 0) is 32.9 Å². The van der Waals surface area contributed by atoms with E-state index in [4.69, 9.17) is 9.47 Å². The number of rotatable bonds is 5. The van der Waals surface area contributed by atoms with Crippen LogP contribution in [0.1, 0.15) is 26.3 Å². The first kappa shape index (κ1) is 21.5. The van der Waals surface area contributed by atoms with Crippen LogP contribution < -0.4 is 9.64 Å². The number of anilines is 1. The molecule has 168 valence electrons. The molecule has 1 aliphatic heterocycles. The van der Waals surface area contributed by atoms with Gasteiger partial charge in [0, 0.05) is 50.3 Å². The van der Waals surface area contributed by atoms with Gasteiger partial charge in [-0.2, -0.15) is 5.10 Å². The molecule has 10 heteroatoms. The number of aromatic nitrogens is 5. The van der Waals surface area contributed by atoms with E-state index in [0.717, 1.165) is 11.4 Å². The summed E-state index contributed by atoms with van der Waals surface area (Å²) in [6.07, 6.45) is 8.35. The Morgan fingerprint density at radius 3 is 2.38 bits per heavy atom. The minimum atomic E-state index is -0.495. The van der Waals surface area contributed by atoms with Crippen molar-refractivity contribution in [1.82, 2.24) is 29.6 Å². The third-order valence-electron chi connectivity index (χ3n) is 4.78. The monoisotopic (exact) mass is 437 g/mol. The minimum Gasteiger partial charge on any atom is -0.486 e. The summed E-state index contributed by atoms with van der Waals surface area (Å²) in [5.41, 5.74) is 0.439. The predicted molar refractivity (Wildman–Crippen MR) is 118 cm³/mol. The van der Waals surface area contributed by atoms with Crippen LogP contribution in [0.2, 0.25) is 0 Å². The van der Waals surface area contributed by atoms with E-state index < -0.39 is 5.60 Å². The van der Waals surface area contributed by atoms with Gasteiger partial charge >= 0.3 is 6.09 Å². The van der Waals surface area contributed by atoms with Gasteiger partial charge in [0.2, 0.25) is 5.95 Å². The summed E-state index contributed by atoms with van der Waals surface area (Å²) in [6.45, 7) is 8.39. The molecular weight excluding hydrogens is 410 g/mol. The summed E-state index contributed by atoms with van der Waals surface area (Å²) in [4.78, 5) is 29.2. The molecule has 0 spiro atoms. The van der Waals surface area contributed by atoms with Gasteiger partial charge in [0.05, 0.1) is 12.4 Å². The average molecular weight is 438 g/mol. The number of carbonyl (C=O) groups is 1. The molecule has 1 saturated heterocycles. The molecule has 1 fully saturated rings. The summed E-state index contributed by atoms with van der Waals surface area (Å²) in [5, 5.41) is 4.16. The molecule has 0 bridgehead atoms. The van der Waals surface area contributed by atoms with Crippen LogP contribution in [0.4, 0.5) is 10.7 Å². The number of ether oxygens (including phenoxy) is 2. The van der Waals surface area contributed by atoms with Crippen molar-refractivity contribution in [2.75, 3.05) is 31.1 Å². The molecule has 1 aliphatic rings. The highest BCUT2D eigenvalue weighted by atomic mass is 16.6. The Morgan fingerprint density at radius 2 is 1.78 bits per heavy atom. The lowest BCUT2D eigenvalue weighted by atomic mass is 10.2. The van der Waals surface area contributed by atoms with Crippen molar-refractivity contribution in [2.24, 2.45) is 0 Å². The molecule has 0 atom stereocenters. The topological polar surface area (TPSA) is 98.5 Å². The first-order chi connectivity index (χ1) is 15.4. The van der Waals surface area contributed by atoms with Crippen LogP contribution in [0.15, 0.2) is 49.2 Å². The molecule has 4 rings (SSSR count). The number of amides is 1. The van der Waals surface area contributed by atoms with Crippen molar-refractivity contribution in [2.45, 2.75) is 33.0 Å². The van der Waals surface area contributed by atoms with Crippen LogP contribution in [0.5, 0.6) is 5.75 Å². The standard InChI is InChI=1S/C22H27N7O3/c1-22(2,3)32-21(30)28-11-9-27(10-12-28)20-24-14-18(15-25-20)31-16-17-5-6-19(23-13-17)29-8-4-7-26-29/h4-8,13-15H,9-12,16H2,1-3H3. The third-order valence-corrected chi connectivity index (χ3v) is 4.78. The fourth-order valence-corrected chi connectivity index (χ4v) is 3.17. The van der Waals surface area contributed by atoms with E-state index in [-0.39, 0.29) is 6.09 Å². The van der Waals surface area contributed by atoms with E-state index in [1.807, 2.05) is 50.1 Å². The normalized spacial score (nSPS) is 14.3. The zero-order chi connectivity index (χ0) is 22.6. The van der Waals surface area contributed by atoms with E-state index in [1.165, 1.54) is 0 Å². The lowest BCUT2D eigenvalue weighted by Crippen LogP contribution is -2.50. The maximum atomic E-state index is 12.2. The van der Waals surface area contributed by atoms with Crippen LogP contribution in [-0.4, -0.2) is 67.5 Å².